The highest BCUT2D eigenvalue weighted by Gasteiger charge is 2.16. The van der Waals surface area contributed by atoms with E-state index < -0.39 is 0 Å². The standard InChI is InChI=1S/C13H19NO3/c1-3-15-13(9-14-2)10-4-5-11-12(8-10)17-7-6-16-11/h4-5,8,13-14H,3,6-7,9H2,1-2H3/t13-/m0/s1. The predicted molar refractivity (Wildman–Crippen MR) is 65.7 cm³/mol. The van der Waals surface area contributed by atoms with Gasteiger partial charge in [-0.25, -0.2) is 0 Å². The lowest BCUT2D eigenvalue weighted by molar-refractivity contribution is 0.0633. The van der Waals surface area contributed by atoms with Crippen LogP contribution in [0.3, 0.4) is 0 Å². The Kier molecular flexibility index (Phi) is 4.23. The van der Waals surface area contributed by atoms with E-state index in [1.54, 1.807) is 0 Å². The molecule has 1 aliphatic heterocycles. The van der Waals surface area contributed by atoms with Gasteiger partial charge in [-0.2, -0.15) is 0 Å². The van der Waals surface area contributed by atoms with E-state index in [1.807, 2.05) is 32.2 Å². The number of likely N-dealkylation sites (N-methyl/N-ethyl adjacent to an activating group) is 1. The van der Waals surface area contributed by atoms with Crippen LogP contribution in [0.4, 0.5) is 0 Å². The Labute approximate surface area is 102 Å². The van der Waals surface area contributed by atoms with Gasteiger partial charge in [0.15, 0.2) is 11.5 Å². The van der Waals surface area contributed by atoms with Crippen LogP contribution in [0.2, 0.25) is 0 Å². The second kappa shape index (κ2) is 5.89. The van der Waals surface area contributed by atoms with Crippen LogP contribution in [0.15, 0.2) is 18.2 Å². The van der Waals surface area contributed by atoms with Crippen molar-refractivity contribution in [3.05, 3.63) is 23.8 Å². The van der Waals surface area contributed by atoms with Crippen LogP contribution >= 0.6 is 0 Å². The van der Waals surface area contributed by atoms with Gasteiger partial charge in [-0.3, -0.25) is 0 Å². The lowest BCUT2D eigenvalue weighted by Gasteiger charge is -2.22. The maximum absolute atomic E-state index is 5.70. The molecule has 1 aromatic rings. The molecule has 94 valence electrons. The van der Waals surface area contributed by atoms with Gasteiger partial charge >= 0.3 is 0 Å². The second-order valence-electron chi connectivity index (χ2n) is 3.90. The molecule has 0 bridgehead atoms. The smallest absolute Gasteiger partial charge is 0.161 e. The first kappa shape index (κ1) is 12.2. The van der Waals surface area contributed by atoms with Crippen molar-refractivity contribution in [2.75, 3.05) is 33.4 Å². The van der Waals surface area contributed by atoms with Crippen molar-refractivity contribution in [3.63, 3.8) is 0 Å². The van der Waals surface area contributed by atoms with Crippen molar-refractivity contribution < 1.29 is 14.2 Å². The van der Waals surface area contributed by atoms with Crippen LogP contribution in [-0.2, 0) is 4.74 Å². The molecule has 4 nitrogen and oxygen atoms in total. The maximum atomic E-state index is 5.70. The minimum atomic E-state index is 0.0563. The lowest BCUT2D eigenvalue weighted by atomic mass is 10.1. The molecule has 1 aliphatic rings. The fourth-order valence-corrected chi connectivity index (χ4v) is 1.92. The monoisotopic (exact) mass is 237 g/mol. The van der Waals surface area contributed by atoms with E-state index in [2.05, 4.69) is 5.32 Å². The summed E-state index contributed by atoms with van der Waals surface area (Å²) >= 11 is 0. The summed E-state index contributed by atoms with van der Waals surface area (Å²) in [5, 5.41) is 3.13. The van der Waals surface area contributed by atoms with E-state index in [-0.39, 0.29) is 6.10 Å². The van der Waals surface area contributed by atoms with E-state index in [0.717, 1.165) is 23.6 Å². The molecule has 4 heteroatoms. The van der Waals surface area contributed by atoms with Crippen LogP contribution in [0.1, 0.15) is 18.6 Å². The maximum Gasteiger partial charge on any atom is 0.161 e. The Balaban J connectivity index is 2.18. The number of hydrogen-bond donors (Lipinski definition) is 1. The van der Waals surface area contributed by atoms with Crippen LogP contribution in [0.5, 0.6) is 11.5 Å². The van der Waals surface area contributed by atoms with Crippen molar-refractivity contribution in [2.24, 2.45) is 0 Å². The van der Waals surface area contributed by atoms with Gasteiger partial charge < -0.3 is 19.5 Å². The molecule has 0 fully saturated rings. The Morgan fingerprint density at radius 1 is 1.29 bits per heavy atom. The summed E-state index contributed by atoms with van der Waals surface area (Å²) in [7, 11) is 1.92. The van der Waals surface area contributed by atoms with E-state index in [0.29, 0.717) is 19.8 Å². The SMILES string of the molecule is CCO[C@@H](CNC)c1ccc2c(c1)OCCO2. The fourth-order valence-electron chi connectivity index (χ4n) is 1.92. The minimum absolute atomic E-state index is 0.0563. The van der Waals surface area contributed by atoms with Gasteiger partial charge in [0, 0.05) is 13.2 Å². The summed E-state index contributed by atoms with van der Waals surface area (Å²) < 4.78 is 16.8. The average molecular weight is 237 g/mol. The third-order valence-corrected chi connectivity index (χ3v) is 2.70. The molecule has 0 saturated carbocycles. The molecule has 0 radical (unpaired) electrons. The first-order valence-electron chi connectivity index (χ1n) is 6.01. The molecule has 0 amide bonds. The van der Waals surface area contributed by atoms with Gasteiger partial charge in [0.05, 0.1) is 6.10 Å². The molecule has 1 aromatic carbocycles. The predicted octanol–water partition coefficient (Wildman–Crippen LogP) is 1.75. The number of fused-ring (bicyclic) bond motifs is 1. The van der Waals surface area contributed by atoms with Crippen LogP contribution < -0.4 is 14.8 Å². The zero-order valence-corrected chi connectivity index (χ0v) is 10.4. The normalized spacial score (nSPS) is 15.6. The summed E-state index contributed by atoms with van der Waals surface area (Å²) in [4.78, 5) is 0. The first-order chi connectivity index (χ1) is 8.35. The topological polar surface area (TPSA) is 39.7 Å². The third kappa shape index (κ3) is 2.90. The summed E-state index contributed by atoms with van der Waals surface area (Å²) in [6.45, 7) is 4.72. The van der Waals surface area contributed by atoms with E-state index >= 15 is 0 Å². The quantitative estimate of drug-likeness (QED) is 0.847. The van der Waals surface area contributed by atoms with Gasteiger partial charge in [0.25, 0.3) is 0 Å². The van der Waals surface area contributed by atoms with Crippen LogP contribution in [0, 0.1) is 0 Å². The zero-order valence-electron chi connectivity index (χ0n) is 10.4. The van der Waals surface area contributed by atoms with Crippen molar-refractivity contribution in [1.82, 2.24) is 5.32 Å². The summed E-state index contributed by atoms with van der Waals surface area (Å²) in [6.07, 6.45) is 0.0563. The molecule has 17 heavy (non-hydrogen) atoms. The molecule has 0 aromatic heterocycles. The zero-order chi connectivity index (χ0) is 12.1. The molecule has 1 N–H and O–H groups in total. The molecule has 0 spiro atoms. The summed E-state index contributed by atoms with van der Waals surface area (Å²) in [5.74, 6) is 1.63. The summed E-state index contributed by atoms with van der Waals surface area (Å²) in [5.41, 5.74) is 1.12. The third-order valence-electron chi connectivity index (χ3n) is 2.70. The fraction of sp³-hybridized carbons (Fsp3) is 0.538. The number of ether oxygens (including phenoxy) is 3. The van der Waals surface area contributed by atoms with E-state index in [9.17, 15) is 0 Å². The molecular weight excluding hydrogens is 218 g/mol. The number of hydrogen-bond acceptors (Lipinski definition) is 4. The largest absolute Gasteiger partial charge is 0.486 e. The molecule has 2 rings (SSSR count). The molecule has 1 atom stereocenters. The Morgan fingerprint density at radius 3 is 2.76 bits per heavy atom. The first-order valence-corrected chi connectivity index (χ1v) is 6.01. The second-order valence-corrected chi connectivity index (χ2v) is 3.90. The van der Waals surface area contributed by atoms with E-state index in [1.165, 1.54) is 0 Å². The lowest BCUT2D eigenvalue weighted by Crippen LogP contribution is -2.20. The molecule has 0 saturated heterocycles. The van der Waals surface area contributed by atoms with Gasteiger partial charge in [-0.05, 0) is 31.7 Å². The van der Waals surface area contributed by atoms with Gasteiger partial charge in [0.2, 0.25) is 0 Å². The van der Waals surface area contributed by atoms with Crippen LogP contribution in [0.25, 0.3) is 0 Å². The number of benzene rings is 1. The van der Waals surface area contributed by atoms with Gasteiger partial charge in [-0.15, -0.1) is 0 Å². The van der Waals surface area contributed by atoms with Crippen molar-refractivity contribution in [3.8, 4) is 11.5 Å². The highest BCUT2D eigenvalue weighted by molar-refractivity contribution is 5.44. The summed E-state index contributed by atoms with van der Waals surface area (Å²) in [6, 6.07) is 5.99. The highest BCUT2D eigenvalue weighted by atomic mass is 16.6. The molecule has 1 heterocycles. The van der Waals surface area contributed by atoms with Crippen molar-refractivity contribution in [1.29, 1.82) is 0 Å². The van der Waals surface area contributed by atoms with Crippen molar-refractivity contribution in [2.45, 2.75) is 13.0 Å². The Bertz CT molecular complexity index is 362. The van der Waals surface area contributed by atoms with Crippen LogP contribution in [-0.4, -0.2) is 33.4 Å². The van der Waals surface area contributed by atoms with Gasteiger partial charge in [0.1, 0.15) is 13.2 Å². The average Bonchev–Trinajstić information content (AvgIpc) is 2.38. The number of rotatable bonds is 5. The Morgan fingerprint density at radius 2 is 2.06 bits per heavy atom. The number of nitrogens with one attached hydrogen (secondary N) is 1. The minimum Gasteiger partial charge on any atom is -0.486 e. The highest BCUT2D eigenvalue weighted by Crippen LogP contribution is 2.33. The van der Waals surface area contributed by atoms with Crippen molar-refractivity contribution >= 4 is 0 Å². The Hall–Kier alpha value is -1.26. The van der Waals surface area contributed by atoms with E-state index in [4.69, 9.17) is 14.2 Å². The molecule has 0 aliphatic carbocycles. The molecular formula is C13H19NO3. The van der Waals surface area contributed by atoms with Gasteiger partial charge in [-0.1, -0.05) is 6.07 Å². The molecule has 0 unspecified atom stereocenters.